The molecule has 0 spiro atoms. The Kier molecular flexibility index (Phi) is 4.23. The monoisotopic (exact) mass is 352 g/mol. The van der Waals surface area contributed by atoms with Crippen LogP contribution in [-0.4, -0.2) is 4.92 Å². The molecule has 0 bridgehead atoms. The molecular formula is C13H6BrClN2O3. The molecule has 0 heterocycles. The van der Waals surface area contributed by atoms with Gasteiger partial charge in [0, 0.05) is 10.5 Å². The summed E-state index contributed by atoms with van der Waals surface area (Å²) in [5.74, 6) is 0.211. The molecule has 100 valence electrons. The van der Waals surface area contributed by atoms with E-state index in [1.54, 1.807) is 18.2 Å². The zero-order valence-electron chi connectivity index (χ0n) is 9.84. The number of rotatable bonds is 3. The Hall–Kier alpha value is -2.10. The van der Waals surface area contributed by atoms with Crippen molar-refractivity contribution >= 4 is 33.2 Å². The van der Waals surface area contributed by atoms with Crippen LogP contribution in [-0.2, 0) is 0 Å². The first-order chi connectivity index (χ1) is 9.52. The Balaban J connectivity index is 2.49. The lowest BCUT2D eigenvalue weighted by Crippen LogP contribution is -1.95. The highest BCUT2D eigenvalue weighted by Gasteiger charge is 2.18. The van der Waals surface area contributed by atoms with Gasteiger partial charge < -0.3 is 4.74 Å². The lowest BCUT2D eigenvalue weighted by molar-refractivity contribution is -0.385. The summed E-state index contributed by atoms with van der Waals surface area (Å²) in [5, 5.41) is 20.3. The zero-order valence-corrected chi connectivity index (χ0v) is 12.2. The summed E-state index contributed by atoms with van der Waals surface area (Å²) in [5.41, 5.74) is -0.0744. The van der Waals surface area contributed by atoms with E-state index < -0.39 is 4.92 Å². The fraction of sp³-hybridized carbons (Fsp3) is 0. The van der Waals surface area contributed by atoms with Gasteiger partial charge in [0.2, 0.25) is 5.75 Å². The van der Waals surface area contributed by atoms with Crippen molar-refractivity contribution in [1.82, 2.24) is 0 Å². The van der Waals surface area contributed by atoms with Crippen LogP contribution >= 0.6 is 27.5 Å². The summed E-state index contributed by atoms with van der Waals surface area (Å²) < 4.78 is 6.02. The Morgan fingerprint density at radius 3 is 2.70 bits per heavy atom. The van der Waals surface area contributed by atoms with Crippen LogP contribution in [0.2, 0.25) is 5.02 Å². The van der Waals surface area contributed by atoms with Gasteiger partial charge >= 0.3 is 5.69 Å². The van der Waals surface area contributed by atoms with Crippen molar-refractivity contribution in [3.63, 3.8) is 0 Å². The highest BCUT2D eigenvalue weighted by atomic mass is 79.9. The topological polar surface area (TPSA) is 76.2 Å². The molecule has 0 aliphatic carbocycles. The Morgan fingerprint density at radius 2 is 2.05 bits per heavy atom. The third-order valence-electron chi connectivity index (χ3n) is 2.42. The zero-order chi connectivity index (χ0) is 14.7. The van der Waals surface area contributed by atoms with Crippen molar-refractivity contribution in [3.8, 4) is 17.6 Å². The van der Waals surface area contributed by atoms with Crippen LogP contribution in [0.15, 0.2) is 40.9 Å². The van der Waals surface area contributed by atoms with Crippen molar-refractivity contribution < 1.29 is 9.66 Å². The molecule has 0 amide bonds. The third-order valence-corrected chi connectivity index (χ3v) is 3.23. The molecule has 5 nitrogen and oxygen atoms in total. The molecule has 0 saturated carbocycles. The first kappa shape index (κ1) is 14.3. The number of hydrogen-bond acceptors (Lipinski definition) is 4. The van der Waals surface area contributed by atoms with Gasteiger partial charge in [-0.1, -0.05) is 33.6 Å². The second-order valence-electron chi connectivity index (χ2n) is 3.70. The summed E-state index contributed by atoms with van der Waals surface area (Å²) in [6, 6.07) is 11.0. The van der Waals surface area contributed by atoms with Crippen LogP contribution in [0.4, 0.5) is 5.69 Å². The van der Waals surface area contributed by atoms with Crippen LogP contribution < -0.4 is 4.74 Å². The summed E-state index contributed by atoms with van der Waals surface area (Å²) in [6.07, 6.45) is 0. The largest absolute Gasteiger partial charge is 0.449 e. The minimum absolute atomic E-state index is 0.0389. The number of halogens is 2. The molecule has 7 heteroatoms. The van der Waals surface area contributed by atoms with Gasteiger partial charge in [0.1, 0.15) is 17.4 Å². The second-order valence-corrected chi connectivity index (χ2v) is 5.02. The SMILES string of the molecule is N#Cc1c(Cl)cccc1Oc1ccc(Br)cc1[N+](=O)[O-]. The van der Waals surface area contributed by atoms with E-state index in [2.05, 4.69) is 15.9 Å². The van der Waals surface area contributed by atoms with E-state index in [4.69, 9.17) is 21.6 Å². The molecule has 0 atom stereocenters. The van der Waals surface area contributed by atoms with E-state index in [9.17, 15) is 10.1 Å². The molecule has 0 unspecified atom stereocenters. The fourth-order valence-electron chi connectivity index (χ4n) is 1.54. The number of hydrogen-bond donors (Lipinski definition) is 0. The lowest BCUT2D eigenvalue weighted by atomic mass is 10.2. The maximum Gasteiger partial charge on any atom is 0.312 e. The molecule has 0 aromatic heterocycles. The quantitative estimate of drug-likeness (QED) is 0.593. The molecule has 0 aliphatic rings. The minimum Gasteiger partial charge on any atom is -0.449 e. The van der Waals surface area contributed by atoms with Gasteiger partial charge in [-0.25, -0.2) is 0 Å². The van der Waals surface area contributed by atoms with E-state index >= 15 is 0 Å². The van der Waals surface area contributed by atoms with E-state index in [0.29, 0.717) is 4.47 Å². The van der Waals surface area contributed by atoms with Crippen molar-refractivity contribution in [2.45, 2.75) is 0 Å². The maximum absolute atomic E-state index is 11.0. The third kappa shape index (κ3) is 2.90. The molecular weight excluding hydrogens is 348 g/mol. The summed E-state index contributed by atoms with van der Waals surface area (Å²) in [6.45, 7) is 0. The average Bonchev–Trinajstić information content (AvgIpc) is 2.41. The van der Waals surface area contributed by atoms with Crippen LogP contribution in [0.25, 0.3) is 0 Å². The summed E-state index contributed by atoms with van der Waals surface area (Å²) >= 11 is 9.04. The molecule has 20 heavy (non-hydrogen) atoms. The van der Waals surface area contributed by atoms with E-state index in [-0.39, 0.29) is 27.8 Å². The van der Waals surface area contributed by atoms with Gasteiger partial charge in [-0.15, -0.1) is 0 Å². The smallest absolute Gasteiger partial charge is 0.312 e. The van der Waals surface area contributed by atoms with Crippen LogP contribution in [0.1, 0.15) is 5.56 Å². The molecule has 0 fully saturated rings. The Morgan fingerprint density at radius 1 is 1.30 bits per heavy atom. The predicted molar refractivity (Wildman–Crippen MR) is 77.0 cm³/mol. The Bertz CT molecular complexity index is 728. The molecule has 0 N–H and O–H groups in total. The number of nitro groups is 1. The van der Waals surface area contributed by atoms with Gasteiger partial charge in [-0.2, -0.15) is 5.26 Å². The van der Waals surface area contributed by atoms with Crippen LogP contribution in [0.5, 0.6) is 11.5 Å². The predicted octanol–water partition coefficient (Wildman–Crippen LogP) is 4.67. The number of nitriles is 1. The number of benzene rings is 2. The normalized spacial score (nSPS) is 9.85. The molecule has 0 radical (unpaired) electrons. The molecule has 2 rings (SSSR count). The van der Waals surface area contributed by atoms with Crippen molar-refractivity contribution in [2.75, 3.05) is 0 Å². The first-order valence-electron chi connectivity index (χ1n) is 5.33. The van der Waals surface area contributed by atoms with Crippen LogP contribution in [0.3, 0.4) is 0 Å². The lowest BCUT2D eigenvalue weighted by Gasteiger charge is -2.08. The van der Waals surface area contributed by atoms with E-state index in [0.717, 1.165) is 0 Å². The van der Waals surface area contributed by atoms with Crippen molar-refractivity contribution in [2.24, 2.45) is 0 Å². The number of nitrogens with zero attached hydrogens (tertiary/aromatic N) is 2. The number of nitro benzene ring substituents is 1. The average molecular weight is 354 g/mol. The van der Waals surface area contributed by atoms with Gasteiger partial charge in [-0.3, -0.25) is 10.1 Å². The molecule has 0 aliphatic heterocycles. The molecule has 2 aromatic carbocycles. The van der Waals surface area contributed by atoms with Crippen LogP contribution in [0, 0.1) is 21.4 Å². The standard InChI is InChI=1S/C13H6BrClN2O3/c14-8-4-5-13(11(6-8)17(18)19)20-12-3-1-2-10(15)9(12)7-16/h1-6H. The van der Waals surface area contributed by atoms with Gasteiger partial charge in [0.05, 0.1) is 9.95 Å². The van der Waals surface area contributed by atoms with E-state index in [1.165, 1.54) is 18.2 Å². The second kappa shape index (κ2) is 5.90. The number of ether oxygens (including phenoxy) is 1. The highest BCUT2D eigenvalue weighted by molar-refractivity contribution is 9.10. The van der Waals surface area contributed by atoms with Crippen molar-refractivity contribution in [3.05, 3.63) is 61.6 Å². The highest BCUT2D eigenvalue weighted by Crippen LogP contribution is 2.36. The first-order valence-corrected chi connectivity index (χ1v) is 6.50. The molecule has 0 saturated heterocycles. The summed E-state index contributed by atoms with van der Waals surface area (Å²) in [4.78, 5) is 10.4. The fourth-order valence-corrected chi connectivity index (χ4v) is 2.09. The Labute approximate surface area is 127 Å². The molecule has 2 aromatic rings. The van der Waals surface area contributed by atoms with E-state index in [1.807, 2.05) is 6.07 Å². The minimum atomic E-state index is -0.559. The van der Waals surface area contributed by atoms with Gasteiger partial charge in [0.15, 0.2) is 0 Å². The van der Waals surface area contributed by atoms with Crippen molar-refractivity contribution in [1.29, 1.82) is 5.26 Å². The van der Waals surface area contributed by atoms with Gasteiger partial charge in [0.25, 0.3) is 0 Å². The van der Waals surface area contributed by atoms with Gasteiger partial charge in [-0.05, 0) is 24.3 Å². The summed E-state index contributed by atoms with van der Waals surface area (Å²) in [7, 11) is 0. The maximum atomic E-state index is 11.0.